The molecule has 35 heavy (non-hydrogen) atoms. The molecule has 0 radical (unpaired) electrons. The maximum atomic E-state index is 14.8. The Morgan fingerprint density at radius 3 is 2.51 bits per heavy atom. The number of aryl methyl sites for hydroxylation is 2. The van der Waals surface area contributed by atoms with Crippen molar-refractivity contribution in [2.45, 2.75) is 13.8 Å². The lowest BCUT2D eigenvalue weighted by molar-refractivity contribution is 0.455. The molecule has 4 rings (SSSR count). The van der Waals surface area contributed by atoms with Gasteiger partial charge in [-0.15, -0.1) is 0 Å². The quantitative estimate of drug-likeness (QED) is 0.499. The Morgan fingerprint density at radius 2 is 1.86 bits per heavy atom. The van der Waals surface area contributed by atoms with Crippen molar-refractivity contribution in [1.29, 1.82) is 5.26 Å². The molecule has 1 fully saturated rings. The molecule has 10 heteroatoms. The third-order valence-corrected chi connectivity index (χ3v) is 7.17. The molecule has 1 aliphatic heterocycles. The molecule has 8 nitrogen and oxygen atoms in total. The number of anilines is 3. The molecule has 1 aliphatic rings. The Hall–Kier alpha value is -3.97. The highest BCUT2D eigenvalue weighted by Gasteiger charge is 2.23. The molecule has 180 valence electrons. The number of hydrogen-bond acceptors (Lipinski definition) is 8. The second-order valence-electron chi connectivity index (χ2n) is 8.20. The van der Waals surface area contributed by atoms with E-state index in [1.807, 2.05) is 32.0 Å². The van der Waals surface area contributed by atoms with Crippen molar-refractivity contribution >= 4 is 33.2 Å². The zero-order valence-electron chi connectivity index (χ0n) is 19.3. The zero-order chi connectivity index (χ0) is 25.0. The second-order valence-corrected chi connectivity index (χ2v) is 10.5. The van der Waals surface area contributed by atoms with Gasteiger partial charge >= 0.3 is 0 Å². The molecule has 0 saturated carbocycles. The summed E-state index contributed by atoms with van der Waals surface area (Å²) >= 11 is 0. The van der Waals surface area contributed by atoms with Crippen LogP contribution in [-0.4, -0.2) is 43.0 Å². The Bertz CT molecular complexity index is 1400. The zero-order valence-corrected chi connectivity index (χ0v) is 20.1. The highest BCUT2D eigenvalue weighted by atomic mass is 32.2. The largest absolute Gasteiger partial charge is 0.438 e. The number of nitriles is 1. The summed E-state index contributed by atoms with van der Waals surface area (Å²) in [5, 5.41) is 11.7. The van der Waals surface area contributed by atoms with E-state index in [1.165, 1.54) is 18.3 Å². The van der Waals surface area contributed by atoms with Crippen LogP contribution in [-0.2, 0) is 9.84 Å². The Balaban J connectivity index is 1.48. The molecular weight excluding hydrogens is 469 g/mol. The maximum absolute atomic E-state index is 14.8. The molecule has 0 unspecified atom stereocenters. The lowest BCUT2D eigenvalue weighted by atomic mass is 10.1. The van der Waals surface area contributed by atoms with E-state index in [1.54, 1.807) is 29.2 Å². The molecule has 0 spiro atoms. The van der Waals surface area contributed by atoms with E-state index in [0.29, 0.717) is 23.0 Å². The summed E-state index contributed by atoms with van der Waals surface area (Å²) in [6, 6.07) is 12.1. The molecule has 1 N–H and O–H groups in total. The Morgan fingerprint density at radius 1 is 1.14 bits per heavy atom. The average molecular weight is 494 g/mol. The highest BCUT2D eigenvalue weighted by molar-refractivity contribution is 7.91. The van der Waals surface area contributed by atoms with E-state index in [-0.39, 0.29) is 30.5 Å². The molecule has 0 bridgehead atoms. The van der Waals surface area contributed by atoms with Gasteiger partial charge in [0.2, 0.25) is 11.8 Å². The van der Waals surface area contributed by atoms with Gasteiger partial charge in [0.1, 0.15) is 11.6 Å². The summed E-state index contributed by atoms with van der Waals surface area (Å²) in [6.45, 7) is 4.36. The van der Waals surface area contributed by atoms with Crippen molar-refractivity contribution in [2.24, 2.45) is 0 Å². The minimum Gasteiger partial charge on any atom is -0.438 e. The number of nitrogens with zero attached hydrogens (tertiary/aromatic N) is 4. The normalized spacial score (nSPS) is 15.1. The van der Waals surface area contributed by atoms with E-state index in [2.05, 4.69) is 15.3 Å². The topological polar surface area (TPSA) is 108 Å². The number of nitrogens with one attached hydrogen (secondary N) is 1. The molecule has 0 atom stereocenters. The number of allylic oxidation sites excluding steroid dienone is 1. The Labute approximate surface area is 203 Å². The van der Waals surface area contributed by atoms with Gasteiger partial charge in [0.15, 0.2) is 9.84 Å². The monoisotopic (exact) mass is 493 g/mol. The number of benzene rings is 2. The fraction of sp³-hybridized carbons (Fsp3) is 0.240. The number of hydrogen-bond donors (Lipinski definition) is 1. The predicted octanol–water partition coefficient (Wildman–Crippen LogP) is 4.54. The Kier molecular flexibility index (Phi) is 6.98. The van der Waals surface area contributed by atoms with Gasteiger partial charge in [-0.2, -0.15) is 10.2 Å². The third-order valence-electron chi connectivity index (χ3n) is 5.56. The lowest BCUT2D eigenvalue weighted by Gasteiger charge is -2.29. The number of sulfone groups is 1. The van der Waals surface area contributed by atoms with Crippen molar-refractivity contribution in [2.75, 3.05) is 34.8 Å². The van der Waals surface area contributed by atoms with Gasteiger partial charge in [-0.1, -0.05) is 0 Å². The molecule has 0 aliphatic carbocycles. The standard InChI is InChI=1S/C25H24FN5O3S/c1-17-14-19(4-3-8-27)15-18(2)24(17)34-23-7-9-28-25(30-23)29-20-5-6-22(21(26)16-20)31-10-12-35(32,33)13-11-31/h3-7,9,14-16H,10-13H2,1-2H3,(H,28,29,30)/b4-3+. The van der Waals surface area contributed by atoms with Crippen LogP contribution < -0.4 is 15.0 Å². The molecule has 2 aromatic carbocycles. The van der Waals surface area contributed by atoms with Crippen LogP contribution in [0.25, 0.3) is 6.08 Å². The lowest BCUT2D eigenvalue weighted by Crippen LogP contribution is -2.40. The van der Waals surface area contributed by atoms with Crippen molar-refractivity contribution < 1.29 is 17.5 Å². The number of ether oxygens (including phenoxy) is 1. The van der Waals surface area contributed by atoms with Crippen LogP contribution in [0.5, 0.6) is 11.6 Å². The van der Waals surface area contributed by atoms with Crippen LogP contribution in [0.2, 0.25) is 0 Å². The molecule has 1 saturated heterocycles. The summed E-state index contributed by atoms with van der Waals surface area (Å²) in [7, 11) is -3.04. The first-order valence-corrected chi connectivity index (χ1v) is 12.8. The predicted molar refractivity (Wildman–Crippen MR) is 133 cm³/mol. The highest BCUT2D eigenvalue weighted by Crippen LogP contribution is 2.30. The summed E-state index contributed by atoms with van der Waals surface area (Å²) in [6.07, 6.45) is 4.69. The van der Waals surface area contributed by atoms with Gasteiger partial charge < -0.3 is 15.0 Å². The fourth-order valence-electron chi connectivity index (χ4n) is 3.86. The first-order valence-electron chi connectivity index (χ1n) is 10.9. The fourth-order valence-corrected chi connectivity index (χ4v) is 5.06. The third kappa shape index (κ3) is 5.94. The summed E-state index contributed by atoms with van der Waals surface area (Å²) in [4.78, 5) is 10.3. The van der Waals surface area contributed by atoms with Crippen molar-refractivity contribution in [3.05, 3.63) is 71.2 Å². The smallest absolute Gasteiger partial charge is 0.230 e. The SMILES string of the molecule is Cc1cc(/C=C/C#N)cc(C)c1Oc1ccnc(Nc2ccc(N3CCS(=O)(=O)CC3)c(F)c2)n1. The first kappa shape index (κ1) is 24.2. The van der Waals surface area contributed by atoms with Crippen molar-refractivity contribution in [1.82, 2.24) is 9.97 Å². The number of halogens is 1. The average Bonchev–Trinajstić information content (AvgIpc) is 2.81. The van der Waals surface area contributed by atoms with Gasteiger partial charge in [-0.3, -0.25) is 0 Å². The van der Waals surface area contributed by atoms with Crippen molar-refractivity contribution in [3.63, 3.8) is 0 Å². The molecule has 0 amide bonds. The van der Waals surface area contributed by atoms with Gasteiger partial charge in [-0.25, -0.2) is 17.8 Å². The molecule has 1 aromatic heterocycles. The number of rotatable bonds is 6. The van der Waals surface area contributed by atoms with Crippen LogP contribution in [0.1, 0.15) is 16.7 Å². The van der Waals surface area contributed by atoms with Gasteiger partial charge in [-0.05, 0) is 66.9 Å². The first-order chi connectivity index (χ1) is 16.7. The van der Waals surface area contributed by atoms with Gasteiger partial charge in [0.05, 0.1) is 23.3 Å². The summed E-state index contributed by atoms with van der Waals surface area (Å²) in [5.41, 5.74) is 3.49. The van der Waals surface area contributed by atoms with Crippen LogP contribution in [0.3, 0.4) is 0 Å². The van der Waals surface area contributed by atoms with E-state index >= 15 is 0 Å². The van der Waals surface area contributed by atoms with Crippen LogP contribution in [0, 0.1) is 31.0 Å². The van der Waals surface area contributed by atoms with E-state index in [0.717, 1.165) is 16.7 Å². The van der Waals surface area contributed by atoms with Crippen LogP contribution in [0.4, 0.5) is 21.7 Å². The summed E-state index contributed by atoms with van der Waals surface area (Å²) in [5.74, 6) is 0.792. The molecule has 2 heterocycles. The van der Waals surface area contributed by atoms with E-state index in [9.17, 15) is 12.8 Å². The van der Waals surface area contributed by atoms with Gasteiger partial charge in [0, 0.05) is 37.1 Å². The maximum Gasteiger partial charge on any atom is 0.230 e. The number of aromatic nitrogens is 2. The van der Waals surface area contributed by atoms with E-state index < -0.39 is 15.7 Å². The van der Waals surface area contributed by atoms with Crippen LogP contribution in [0.15, 0.2) is 48.7 Å². The second kappa shape index (κ2) is 10.1. The van der Waals surface area contributed by atoms with Crippen LogP contribution >= 0.6 is 0 Å². The molecule has 3 aromatic rings. The minimum atomic E-state index is -3.04. The van der Waals surface area contributed by atoms with Gasteiger partial charge in [0.25, 0.3) is 0 Å². The van der Waals surface area contributed by atoms with E-state index in [4.69, 9.17) is 10.00 Å². The minimum absolute atomic E-state index is 0.0192. The van der Waals surface area contributed by atoms with Crippen molar-refractivity contribution in [3.8, 4) is 17.7 Å². The molecular formula is C25H24FN5O3S. The summed E-state index contributed by atoms with van der Waals surface area (Å²) < 4.78 is 44.1.